The van der Waals surface area contributed by atoms with Gasteiger partial charge in [-0.05, 0) is 34.5 Å². The molecule has 1 aromatic carbocycles. The fraction of sp³-hybridized carbons (Fsp3) is 0.333. The number of methoxy groups -OCH3 is 1. The molecule has 11 heteroatoms. The highest BCUT2D eigenvalue weighted by molar-refractivity contribution is 8.01. The molecule has 0 spiro atoms. The van der Waals surface area contributed by atoms with Gasteiger partial charge in [-0.25, -0.2) is 9.97 Å². The van der Waals surface area contributed by atoms with E-state index in [1.807, 2.05) is 10.3 Å². The third kappa shape index (κ3) is 5.84. The molecular formula is C24H24ClN3O5S2. The van der Waals surface area contributed by atoms with Crippen LogP contribution < -0.4 is 4.90 Å². The number of aromatic nitrogens is 2. The lowest BCUT2D eigenvalue weighted by Gasteiger charge is -2.30. The molecule has 0 bridgehead atoms. The first-order valence-corrected chi connectivity index (χ1v) is 13.0. The lowest BCUT2D eigenvalue weighted by atomic mass is 9.84. The van der Waals surface area contributed by atoms with Gasteiger partial charge in [-0.1, -0.05) is 23.7 Å². The zero-order chi connectivity index (χ0) is 24.8. The van der Waals surface area contributed by atoms with Gasteiger partial charge in [0.25, 0.3) is 0 Å². The second kappa shape index (κ2) is 11.5. The molecule has 1 aliphatic rings. The zero-order valence-electron chi connectivity index (χ0n) is 18.9. The van der Waals surface area contributed by atoms with Gasteiger partial charge in [-0.2, -0.15) is 11.3 Å². The highest BCUT2D eigenvalue weighted by Gasteiger charge is 2.40. The number of thiophene rings is 1. The summed E-state index contributed by atoms with van der Waals surface area (Å²) in [6.07, 6.45) is 2.68. The number of carbonyl (C=O) groups excluding carboxylic acids is 2. The van der Waals surface area contributed by atoms with Crippen molar-refractivity contribution < 1.29 is 24.2 Å². The normalized spacial score (nSPS) is 16.4. The van der Waals surface area contributed by atoms with Crippen LogP contribution in [0.5, 0.6) is 0 Å². The highest BCUT2D eigenvalue weighted by Crippen LogP contribution is 2.38. The molecular weight excluding hydrogens is 510 g/mol. The number of carbonyl (C=O) groups is 2. The Balaban J connectivity index is 1.62. The summed E-state index contributed by atoms with van der Waals surface area (Å²) in [4.78, 5) is 37.5. The highest BCUT2D eigenvalue weighted by atomic mass is 35.5. The minimum absolute atomic E-state index is 0.354. The molecule has 1 N–H and O–H groups in total. The average molecular weight is 534 g/mol. The van der Waals surface area contributed by atoms with Crippen LogP contribution in [0.1, 0.15) is 17.5 Å². The van der Waals surface area contributed by atoms with E-state index in [-0.39, 0.29) is 6.42 Å². The predicted molar refractivity (Wildman–Crippen MR) is 135 cm³/mol. The Morgan fingerprint density at radius 3 is 2.57 bits per heavy atom. The number of Topliss-reactive ketones (excluding diaryl/α,β-unsaturated/α-hetero) is 1. The molecule has 0 aliphatic carbocycles. The van der Waals surface area contributed by atoms with Crippen LogP contribution in [-0.2, 0) is 24.7 Å². The van der Waals surface area contributed by atoms with Crippen LogP contribution in [0.4, 0.5) is 5.95 Å². The Labute approximate surface area is 216 Å². The van der Waals surface area contributed by atoms with Crippen molar-refractivity contribution in [3.63, 3.8) is 0 Å². The molecule has 1 fully saturated rings. The molecule has 2 unspecified atom stereocenters. The smallest absolute Gasteiger partial charge is 0.326 e. The van der Waals surface area contributed by atoms with Crippen molar-refractivity contribution in [1.29, 1.82) is 0 Å². The Morgan fingerprint density at radius 2 is 1.94 bits per heavy atom. The van der Waals surface area contributed by atoms with Crippen molar-refractivity contribution in [3.05, 3.63) is 69.6 Å². The molecule has 2 atom stereocenters. The fourth-order valence-electron chi connectivity index (χ4n) is 3.70. The van der Waals surface area contributed by atoms with Crippen LogP contribution >= 0.6 is 34.7 Å². The molecule has 0 saturated carbocycles. The predicted octanol–water partition coefficient (Wildman–Crippen LogP) is 3.56. The van der Waals surface area contributed by atoms with E-state index in [9.17, 15) is 14.7 Å². The summed E-state index contributed by atoms with van der Waals surface area (Å²) < 4.78 is 10.3. The van der Waals surface area contributed by atoms with Crippen LogP contribution in [0.3, 0.4) is 0 Å². The van der Waals surface area contributed by atoms with E-state index in [1.54, 1.807) is 35.7 Å². The fourth-order valence-corrected chi connectivity index (χ4v) is 5.69. The molecule has 35 heavy (non-hydrogen) atoms. The summed E-state index contributed by atoms with van der Waals surface area (Å²) >= 11 is 8.63. The average Bonchev–Trinajstić information content (AvgIpc) is 3.44. The van der Waals surface area contributed by atoms with Crippen molar-refractivity contribution in [2.45, 2.75) is 22.2 Å². The Bertz CT molecular complexity index is 1160. The minimum Gasteiger partial charge on any atom is -0.468 e. The van der Waals surface area contributed by atoms with Crippen LogP contribution in [-0.4, -0.2) is 65.5 Å². The van der Waals surface area contributed by atoms with Gasteiger partial charge in [-0.15, -0.1) is 11.8 Å². The molecule has 1 saturated heterocycles. The van der Waals surface area contributed by atoms with Gasteiger partial charge in [0.05, 0.1) is 25.3 Å². The molecule has 0 amide bonds. The number of hydrogen-bond donors (Lipinski definition) is 1. The number of halogens is 1. The first kappa shape index (κ1) is 25.6. The quantitative estimate of drug-likeness (QED) is 0.251. The van der Waals surface area contributed by atoms with E-state index >= 15 is 0 Å². The molecule has 3 heterocycles. The number of aliphatic hydroxyl groups is 1. The zero-order valence-corrected chi connectivity index (χ0v) is 21.3. The van der Waals surface area contributed by atoms with Gasteiger partial charge in [0, 0.05) is 42.4 Å². The van der Waals surface area contributed by atoms with Gasteiger partial charge in [-0.3, -0.25) is 9.59 Å². The van der Waals surface area contributed by atoms with E-state index in [1.165, 1.54) is 30.8 Å². The Morgan fingerprint density at radius 1 is 1.23 bits per heavy atom. The summed E-state index contributed by atoms with van der Waals surface area (Å²) in [5, 5.41) is 14.6. The number of anilines is 1. The lowest BCUT2D eigenvalue weighted by molar-refractivity contribution is -0.143. The maximum Gasteiger partial charge on any atom is 0.326 e. The van der Waals surface area contributed by atoms with Crippen LogP contribution in [0.15, 0.2) is 58.4 Å². The molecule has 0 radical (unpaired) electrons. The van der Waals surface area contributed by atoms with Gasteiger partial charge < -0.3 is 19.5 Å². The van der Waals surface area contributed by atoms with Crippen molar-refractivity contribution in [1.82, 2.24) is 9.97 Å². The second-order valence-corrected chi connectivity index (χ2v) is 10.2. The molecule has 2 aromatic heterocycles. The number of nitrogens with zero attached hydrogens (tertiary/aromatic N) is 3. The van der Waals surface area contributed by atoms with Gasteiger partial charge in [0.15, 0.2) is 11.0 Å². The van der Waals surface area contributed by atoms with Crippen molar-refractivity contribution >= 4 is 52.4 Å². The molecule has 4 rings (SSSR count). The van der Waals surface area contributed by atoms with E-state index < -0.39 is 22.6 Å². The third-order valence-corrected chi connectivity index (χ3v) is 8.05. The van der Waals surface area contributed by atoms with Crippen molar-refractivity contribution in [2.75, 3.05) is 38.3 Å². The third-order valence-electron chi connectivity index (χ3n) is 5.63. The van der Waals surface area contributed by atoms with E-state index in [0.29, 0.717) is 53.3 Å². The number of ether oxygens (including phenoxy) is 2. The summed E-state index contributed by atoms with van der Waals surface area (Å²) in [7, 11) is 1.22. The van der Waals surface area contributed by atoms with Gasteiger partial charge >= 0.3 is 5.97 Å². The maximum atomic E-state index is 13.5. The second-order valence-electron chi connectivity index (χ2n) is 7.84. The van der Waals surface area contributed by atoms with Crippen molar-refractivity contribution in [3.8, 4) is 0 Å². The van der Waals surface area contributed by atoms with Gasteiger partial charge in [0.2, 0.25) is 5.95 Å². The van der Waals surface area contributed by atoms with E-state index in [0.717, 1.165) is 11.8 Å². The Hall–Kier alpha value is -2.50. The van der Waals surface area contributed by atoms with Crippen LogP contribution in [0.2, 0.25) is 5.02 Å². The minimum atomic E-state index is -1.73. The number of ketones is 1. The summed E-state index contributed by atoms with van der Waals surface area (Å²) in [6, 6.07) is 8.67. The standard InChI is InChI=1S/C24H24ClN3O5S2/c1-32-22(30)21(35-20-5-3-2-4-18(20)25)19(29)12-24(31,16-6-11-34-15-16)17-13-26-23(27-14-17)28-7-9-33-10-8-28/h2-6,11,13-15,21,31H,7-10,12H2,1H3. The molecule has 1 aliphatic heterocycles. The molecule has 184 valence electrons. The topological polar surface area (TPSA) is 102 Å². The van der Waals surface area contributed by atoms with Crippen molar-refractivity contribution in [2.24, 2.45) is 0 Å². The summed E-state index contributed by atoms with van der Waals surface area (Å²) in [6.45, 7) is 2.53. The molecule has 3 aromatic rings. The number of hydrogen-bond acceptors (Lipinski definition) is 10. The first-order valence-electron chi connectivity index (χ1n) is 10.8. The number of benzene rings is 1. The summed E-state index contributed by atoms with van der Waals surface area (Å²) in [5.74, 6) is -0.697. The van der Waals surface area contributed by atoms with E-state index in [2.05, 4.69) is 9.97 Å². The SMILES string of the molecule is COC(=O)C(Sc1ccccc1Cl)C(=O)CC(O)(c1cnc(N2CCOCC2)nc1)c1ccsc1. The first-order chi connectivity index (χ1) is 16.9. The van der Waals surface area contributed by atoms with E-state index in [4.69, 9.17) is 21.1 Å². The summed E-state index contributed by atoms with van der Waals surface area (Å²) in [5.41, 5.74) is -0.856. The van der Waals surface area contributed by atoms with Gasteiger partial charge in [0.1, 0.15) is 5.60 Å². The molecule has 8 nitrogen and oxygen atoms in total. The number of thioether (sulfide) groups is 1. The Kier molecular flexibility index (Phi) is 8.40. The lowest BCUT2D eigenvalue weighted by Crippen LogP contribution is -2.38. The number of morpholine rings is 1. The van der Waals surface area contributed by atoms with Crippen LogP contribution in [0, 0.1) is 0 Å². The number of rotatable bonds is 9. The largest absolute Gasteiger partial charge is 0.468 e. The van der Waals surface area contributed by atoms with Crippen LogP contribution in [0.25, 0.3) is 0 Å². The maximum absolute atomic E-state index is 13.5. The number of esters is 1. The monoisotopic (exact) mass is 533 g/mol.